The van der Waals surface area contributed by atoms with Crippen molar-refractivity contribution in [3.8, 4) is 11.4 Å². The molecule has 1 aromatic heterocycles. The number of carbonyl (C=O) groups excluding carboxylic acids is 1. The third-order valence-corrected chi connectivity index (χ3v) is 4.52. The summed E-state index contributed by atoms with van der Waals surface area (Å²) in [5.74, 6) is -1.82. The Labute approximate surface area is 148 Å². The van der Waals surface area contributed by atoms with Crippen LogP contribution in [-0.2, 0) is 6.18 Å². The maximum atomic E-state index is 12.5. The molecule has 3 rings (SSSR count). The molecule has 1 fully saturated rings. The summed E-state index contributed by atoms with van der Waals surface area (Å²) < 4.78 is 41.7. The standard InChI is InChI=1S/C17H19F3N4O2/c1-10-4-3-9-24(10)11(2)21-15(25)13-7-5-12(6-8-13)14-22-16(26-23-14)17(18,19)20/h5-8,10-11H,3-4,9H2,1-2H3,(H,21,25)/t10-,11-/m0/s1. The zero-order valence-corrected chi connectivity index (χ0v) is 14.4. The average Bonchev–Trinajstić information content (AvgIpc) is 3.23. The topological polar surface area (TPSA) is 71.3 Å². The molecular formula is C17H19F3N4O2. The van der Waals surface area contributed by atoms with Gasteiger partial charge in [-0.15, -0.1) is 0 Å². The minimum absolute atomic E-state index is 0.0915. The Kier molecular flexibility index (Phi) is 4.99. The highest BCUT2D eigenvalue weighted by Gasteiger charge is 2.38. The van der Waals surface area contributed by atoms with Crippen molar-refractivity contribution < 1.29 is 22.5 Å². The van der Waals surface area contributed by atoms with Gasteiger partial charge in [0.15, 0.2) is 0 Å². The summed E-state index contributed by atoms with van der Waals surface area (Å²) in [5, 5.41) is 6.26. The molecule has 2 heterocycles. The summed E-state index contributed by atoms with van der Waals surface area (Å²) in [4.78, 5) is 17.9. The minimum atomic E-state index is -4.69. The number of hydrogen-bond donors (Lipinski definition) is 1. The molecule has 1 saturated heterocycles. The second-order valence-corrected chi connectivity index (χ2v) is 6.38. The molecule has 1 aromatic carbocycles. The second-order valence-electron chi connectivity index (χ2n) is 6.38. The number of aromatic nitrogens is 2. The monoisotopic (exact) mass is 368 g/mol. The van der Waals surface area contributed by atoms with Crippen LogP contribution in [0, 0.1) is 0 Å². The van der Waals surface area contributed by atoms with Crippen LogP contribution in [0.25, 0.3) is 11.4 Å². The van der Waals surface area contributed by atoms with Crippen molar-refractivity contribution in [3.05, 3.63) is 35.7 Å². The van der Waals surface area contributed by atoms with Crippen molar-refractivity contribution in [1.82, 2.24) is 20.4 Å². The molecular weight excluding hydrogens is 349 g/mol. The summed E-state index contributed by atoms with van der Waals surface area (Å²) in [6.45, 7) is 5.01. The van der Waals surface area contributed by atoms with Crippen LogP contribution in [0.5, 0.6) is 0 Å². The van der Waals surface area contributed by atoms with Crippen LogP contribution in [0.4, 0.5) is 13.2 Å². The number of likely N-dealkylation sites (tertiary alicyclic amines) is 1. The van der Waals surface area contributed by atoms with Crippen LogP contribution in [0.1, 0.15) is 42.9 Å². The van der Waals surface area contributed by atoms with Crippen LogP contribution < -0.4 is 5.32 Å². The Balaban J connectivity index is 1.67. The number of nitrogens with one attached hydrogen (secondary N) is 1. The molecule has 140 valence electrons. The molecule has 26 heavy (non-hydrogen) atoms. The lowest BCUT2D eigenvalue weighted by molar-refractivity contribution is -0.159. The van der Waals surface area contributed by atoms with Gasteiger partial charge in [0.1, 0.15) is 0 Å². The maximum absolute atomic E-state index is 12.5. The van der Waals surface area contributed by atoms with E-state index in [1.165, 1.54) is 24.3 Å². The summed E-state index contributed by atoms with van der Waals surface area (Å²) in [5.41, 5.74) is 0.744. The summed E-state index contributed by atoms with van der Waals surface area (Å²) >= 11 is 0. The molecule has 0 aliphatic carbocycles. The Bertz CT molecular complexity index is 773. The number of amides is 1. The average molecular weight is 368 g/mol. The Morgan fingerprint density at radius 3 is 2.58 bits per heavy atom. The molecule has 9 heteroatoms. The fraction of sp³-hybridized carbons (Fsp3) is 0.471. The number of rotatable bonds is 4. The van der Waals surface area contributed by atoms with Crippen LogP contribution in [0.15, 0.2) is 28.8 Å². The van der Waals surface area contributed by atoms with Crippen molar-refractivity contribution in [2.75, 3.05) is 6.54 Å². The lowest BCUT2D eigenvalue weighted by atomic mass is 10.1. The maximum Gasteiger partial charge on any atom is 0.471 e. The quantitative estimate of drug-likeness (QED) is 0.896. The molecule has 1 amide bonds. The first-order valence-corrected chi connectivity index (χ1v) is 8.33. The molecule has 1 N–H and O–H groups in total. The SMILES string of the molecule is C[C@H]1CCCN1[C@@H](C)NC(=O)c1ccc(-c2noc(C(F)(F)F)n2)cc1. The van der Waals surface area contributed by atoms with E-state index in [1.807, 2.05) is 6.92 Å². The molecule has 2 aromatic rings. The molecule has 1 aliphatic heterocycles. The Morgan fingerprint density at radius 2 is 2.04 bits per heavy atom. The highest BCUT2D eigenvalue weighted by atomic mass is 19.4. The molecule has 6 nitrogen and oxygen atoms in total. The van der Waals surface area contributed by atoms with Crippen LogP contribution in [-0.4, -0.2) is 39.7 Å². The Hall–Kier alpha value is -2.42. The van der Waals surface area contributed by atoms with Gasteiger partial charge in [0, 0.05) is 23.7 Å². The molecule has 2 atom stereocenters. The zero-order valence-electron chi connectivity index (χ0n) is 14.4. The van der Waals surface area contributed by atoms with Gasteiger partial charge in [-0.25, -0.2) is 0 Å². The first kappa shape index (κ1) is 18.4. The van der Waals surface area contributed by atoms with Crippen molar-refractivity contribution in [3.63, 3.8) is 0 Å². The highest BCUT2D eigenvalue weighted by molar-refractivity contribution is 5.94. The Morgan fingerprint density at radius 1 is 1.35 bits per heavy atom. The van der Waals surface area contributed by atoms with E-state index in [1.54, 1.807) is 0 Å². The van der Waals surface area contributed by atoms with E-state index in [4.69, 9.17) is 0 Å². The van der Waals surface area contributed by atoms with Gasteiger partial charge in [-0.05, 0) is 38.8 Å². The number of alkyl halides is 3. The molecule has 1 aliphatic rings. The third kappa shape index (κ3) is 3.87. The summed E-state index contributed by atoms with van der Waals surface area (Å²) in [7, 11) is 0. The predicted octanol–water partition coefficient (Wildman–Crippen LogP) is 3.32. The number of benzene rings is 1. The number of halogens is 3. The smallest absolute Gasteiger partial charge is 0.337 e. The lowest BCUT2D eigenvalue weighted by Crippen LogP contribution is -2.47. The van der Waals surface area contributed by atoms with Crippen LogP contribution in [0.2, 0.25) is 0 Å². The van der Waals surface area contributed by atoms with Crippen LogP contribution in [0.3, 0.4) is 0 Å². The first-order valence-electron chi connectivity index (χ1n) is 8.33. The fourth-order valence-corrected chi connectivity index (χ4v) is 3.11. The van der Waals surface area contributed by atoms with Gasteiger partial charge in [-0.1, -0.05) is 17.3 Å². The third-order valence-electron chi connectivity index (χ3n) is 4.52. The number of nitrogens with zero attached hydrogens (tertiary/aromatic N) is 3. The minimum Gasteiger partial charge on any atom is -0.337 e. The predicted molar refractivity (Wildman–Crippen MR) is 87.1 cm³/mol. The van der Waals surface area contributed by atoms with E-state index >= 15 is 0 Å². The van der Waals surface area contributed by atoms with Gasteiger partial charge in [0.05, 0.1) is 6.17 Å². The van der Waals surface area contributed by atoms with Crippen molar-refractivity contribution in [2.45, 2.75) is 45.1 Å². The lowest BCUT2D eigenvalue weighted by Gasteiger charge is -2.29. The van der Waals surface area contributed by atoms with Crippen LogP contribution >= 0.6 is 0 Å². The summed E-state index contributed by atoms with van der Waals surface area (Å²) in [6, 6.07) is 6.45. The molecule has 0 radical (unpaired) electrons. The largest absolute Gasteiger partial charge is 0.471 e. The van der Waals surface area contributed by atoms with Crippen molar-refractivity contribution in [2.24, 2.45) is 0 Å². The van der Waals surface area contributed by atoms with E-state index in [0.717, 1.165) is 19.4 Å². The van der Waals surface area contributed by atoms with Gasteiger partial charge < -0.3 is 9.84 Å². The fourth-order valence-electron chi connectivity index (χ4n) is 3.11. The van der Waals surface area contributed by atoms with Gasteiger partial charge in [0.2, 0.25) is 5.82 Å². The number of carbonyl (C=O) groups is 1. The van der Waals surface area contributed by atoms with E-state index < -0.39 is 12.1 Å². The second kappa shape index (κ2) is 7.06. The first-order chi connectivity index (χ1) is 12.3. The number of hydrogen-bond acceptors (Lipinski definition) is 5. The normalized spacial score (nSPS) is 19.5. The van der Waals surface area contributed by atoms with E-state index in [-0.39, 0.29) is 17.9 Å². The molecule has 0 bridgehead atoms. The van der Waals surface area contributed by atoms with E-state index in [0.29, 0.717) is 17.2 Å². The van der Waals surface area contributed by atoms with Gasteiger partial charge in [0.25, 0.3) is 5.91 Å². The van der Waals surface area contributed by atoms with Crippen molar-refractivity contribution >= 4 is 5.91 Å². The molecule has 0 saturated carbocycles. The molecule has 0 unspecified atom stereocenters. The van der Waals surface area contributed by atoms with Crippen molar-refractivity contribution in [1.29, 1.82) is 0 Å². The summed E-state index contributed by atoms with van der Waals surface area (Å²) in [6.07, 6.45) is -2.56. The van der Waals surface area contributed by atoms with E-state index in [2.05, 4.69) is 31.8 Å². The zero-order chi connectivity index (χ0) is 18.9. The van der Waals surface area contributed by atoms with Gasteiger partial charge in [-0.3, -0.25) is 9.69 Å². The van der Waals surface area contributed by atoms with Gasteiger partial charge >= 0.3 is 12.1 Å². The van der Waals surface area contributed by atoms with E-state index in [9.17, 15) is 18.0 Å². The highest BCUT2D eigenvalue weighted by Crippen LogP contribution is 2.29. The van der Waals surface area contributed by atoms with Gasteiger partial charge in [-0.2, -0.15) is 18.2 Å². The molecule has 0 spiro atoms.